The summed E-state index contributed by atoms with van der Waals surface area (Å²) in [5, 5.41) is 0.739. The number of carbonyl (C=O) groups is 1. The molecular weight excluding hydrogens is 312 g/mol. The molecule has 5 heteroatoms. The van der Waals surface area contributed by atoms with E-state index < -0.39 is 0 Å². The lowest BCUT2D eigenvalue weighted by Crippen LogP contribution is -2.47. The lowest BCUT2D eigenvalue weighted by molar-refractivity contribution is -0.130. The Hall–Kier alpha value is -1.26. The highest BCUT2D eigenvalue weighted by molar-refractivity contribution is 6.30. The second kappa shape index (κ2) is 7.10. The van der Waals surface area contributed by atoms with Gasteiger partial charge in [-0.25, -0.2) is 0 Å². The Morgan fingerprint density at radius 3 is 2.74 bits per heavy atom. The van der Waals surface area contributed by atoms with Crippen molar-refractivity contribution in [1.82, 2.24) is 9.80 Å². The Kier molecular flexibility index (Phi) is 5.12. The van der Waals surface area contributed by atoms with E-state index in [1.165, 1.54) is 6.42 Å². The average molecular weight is 337 g/mol. The van der Waals surface area contributed by atoms with Gasteiger partial charge in [-0.3, -0.25) is 9.69 Å². The molecule has 2 atom stereocenters. The number of nitrogens with zero attached hydrogens (tertiary/aromatic N) is 2. The second-order valence-electron chi connectivity index (χ2n) is 6.56. The first-order chi connectivity index (χ1) is 11.1. The van der Waals surface area contributed by atoms with Crippen LogP contribution >= 0.6 is 11.6 Å². The number of ether oxygens (including phenoxy) is 1. The van der Waals surface area contributed by atoms with Crippen molar-refractivity contribution in [2.24, 2.45) is 0 Å². The summed E-state index contributed by atoms with van der Waals surface area (Å²) in [7, 11) is 1.70. The van der Waals surface area contributed by atoms with Crippen LogP contribution in [0.15, 0.2) is 18.2 Å². The normalized spacial score (nSPS) is 25.1. The minimum absolute atomic E-state index is 0.208. The molecule has 2 aliphatic rings. The molecule has 2 aliphatic heterocycles. The molecule has 0 aromatic heterocycles. The molecule has 3 rings (SSSR count). The van der Waals surface area contributed by atoms with Crippen molar-refractivity contribution < 1.29 is 9.53 Å². The van der Waals surface area contributed by atoms with Gasteiger partial charge in [-0.2, -0.15) is 0 Å². The molecular formula is C18H25ClN2O2. The Bertz CT molecular complexity index is 578. The monoisotopic (exact) mass is 336 g/mol. The van der Waals surface area contributed by atoms with Crippen LogP contribution in [-0.2, 0) is 11.3 Å². The zero-order chi connectivity index (χ0) is 16.4. The molecule has 2 fully saturated rings. The summed E-state index contributed by atoms with van der Waals surface area (Å²) in [6.45, 7) is 4.50. The highest BCUT2D eigenvalue weighted by atomic mass is 35.5. The second-order valence-corrected chi connectivity index (χ2v) is 6.99. The molecule has 1 aromatic carbocycles. The van der Waals surface area contributed by atoms with Gasteiger partial charge in [0.15, 0.2) is 0 Å². The van der Waals surface area contributed by atoms with Crippen molar-refractivity contribution >= 4 is 17.5 Å². The van der Waals surface area contributed by atoms with Gasteiger partial charge in [0.25, 0.3) is 0 Å². The van der Waals surface area contributed by atoms with Gasteiger partial charge in [0.2, 0.25) is 5.91 Å². The smallest absolute Gasteiger partial charge is 0.219 e. The standard InChI is InChI=1S/C18H25ClN2O2/c1-13(22)21-10-4-6-17(21)16-5-3-9-20(16)12-14-11-15(19)7-8-18(14)23-2/h7-8,11,16-17H,3-6,9-10,12H2,1-2H3/t16-,17-/m0/s1. The molecule has 0 radical (unpaired) electrons. The van der Waals surface area contributed by atoms with Crippen LogP contribution < -0.4 is 4.74 Å². The van der Waals surface area contributed by atoms with Crippen LogP contribution in [0.4, 0.5) is 0 Å². The predicted octanol–water partition coefficient (Wildman–Crippen LogP) is 3.32. The minimum atomic E-state index is 0.208. The Morgan fingerprint density at radius 1 is 1.26 bits per heavy atom. The van der Waals surface area contributed by atoms with Gasteiger partial charge in [-0.05, 0) is 50.4 Å². The molecule has 1 aromatic rings. The number of halogens is 1. The Morgan fingerprint density at radius 2 is 2.00 bits per heavy atom. The van der Waals surface area contributed by atoms with Gasteiger partial charge in [-0.1, -0.05) is 11.6 Å². The fourth-order valence-corrected chi connectivity index (χ4v) is 4.35. The molecule has 0 spiro atoms. The maximum absolute atomic E-state index is 11.9. The van der Waals surface area contributed by atoms with E-state index in [1.54, 1.807) is 14.0 Å². The van der Waals surface area contributed by atoms with Gasteiger partial charge in [0.05, 0.1) is 7.11 Å². The average Bonchev–Trinajstić information content (AvgIpc) is 3.15. The molecule has 2 heterocycles. The van der Waals surface area contributed by atoms with Gasteiger partial charge in [-0.15, -0.1) is 0 Å². The summed E-state index contributed by atoms with van der Waals surface area (Å²) >= 11 is 6.16. The van der Waals surface area contributed by atoms with Crippen LogP contribution in [-0.4, -0.2) is 48.0 Å². The summed E-state index contributed by atoms with van der Waals surface area (Å²) in [5.74, 6) is 1.09. The summed E-state index contributed by atoms with van der Waals surface area (Å²) in [6, 6.07) is 6.60. The molecule has 0 N–H and O–H groups in total. The number of rotatable bonds is 4. The van der Waals surface area contributed by atoms with Crippen molar-refractivity contribution in [3.8, 4) is 5.75 Å². The third-order valence-electron chi connectivity index (χ3n) is 5.18. The summed E-state index contributed by atoms with van der Waals surface area (Å²) < 4.78 is 5.48. The van der Waals surface area contributed by atoms with Gasteiger partial charge in [0.1, 0.15) is 5.75 Å². The summed E-state index contributed by atoms with van der Waals surface area (Å²) in [6.07, 6.45) is 4.59. The molecule has 2 saturated heterocycles. The highest BCUT2D eigenvalue weighted by Crippen LogP contribution is 2.33. The SMILES string of the molecule is COc1ccc(Cl)cc1CN1CCC[C@H]1[C@@H]1CCCN1C(C)=O. The maximum atomic E-state index is 11.9. The number of amides is 1. The molecule has 0 bridgehead atoms. The minimum Gasteiger partial charge on any atom is -0.496 e. The molecule has 4 nitrogen and oxygen atoms in total. The van der Waals surface area contributed by atoms with Crippen molar-refractivity contribution in [3.63, 3.8) is 0 Å². The summed E-state index contributed by atoms with van der Waals surface area (Å²) in [5.41, 5.74) is 1.12. The van der Waals surface area contributed by atoms with E-state index in [0.717, 1.165) is 55.2 Å². The topological polar surface area (TPSA) is 32.8 Å². The van der Waals surface area contributed by atoms with Crippen LogP contribution in [0.2, 0.25) is 5.02 Å². The van der Waals surface area contributed by atoms with E-state index in [-0.39, 0.29) is 5.91 Å². The van der Waals surface area contributed by atoms with Gasteiger partial charge >= 0.3 is 0 Å². The highest BCUT2D eigenvalue weighted by Gasteiger charge is 2.38. The molecule has 126 valence electrons. The van der Waals surface area contributed by atoms with E-state index >= 15 is 0 Å². The quantitative estimate of drug-likeness (QED) is 0.845. The van der Waals surface area contributed by atoms with E-state index in [9.17, 15) is 4.79 Å². The van der Waals surface area contributed by atoms with E-state index in [4.69, 9.17) is 16.3 Å². The lowest BCUT2D eigenvalue weighted by Gasteiger charge is -2.34. The van der Waals surface area contributed by atoms with E-state index in [2.05, 4.69) is 9.80 Å². The van der Waals surface area contributed by atoms with E-state index in [1.807, 2.05) is 18.2 Å². The predicted molar refractivity (Wildman–Crippen MR) is 91.8 cm³/mol. The largest absolute Gasteiger partial charge is 0.496 e. The van der Waals surface area contributed by atoms with E-state index in [0.29, 0.717) is 12.1 Å². The lowest BCUT2D eigenvalue weighted by atomic mass is 10.0. The van der Waals surface area contributed by atoms with Crippen molar-refractivity contribution in [2.45, 2.75) is 51.2 Å². The fourth-order valence-electron chi connectivity index (χ4n) is 4.16. The zero-order valence-corrected chi connectivity index (χ0v) is 14.7. The number of hydrogen-bond donors (Lipinski definition) is 0. The Balaban J connectivity index is 1.77. The first-order valence-corrected chi connectivity index (χ1v) is 8.81. The Labute approximate surface area is 143 Å². The van der Waals surface area contributed by atoms with Crippen molar-refractivity contribution in [1.29, 1.82) is 0 Å². The van der Waals surface area contributed by atoms with Crippen LogP contribution in [0.5, 0.6) is 5.75 Å². The molecule has 23 heavy (non-hydrogen) atoms. The number of benzene rings is 1. The van der Waals surface area contributed by atoms with Crippen LogP contribution in [0.25, 0.3) is 0 Å². The molecule has 0 aliphatic carbocycles. The first kappa shape index (κ1) is 16.6. The number of hydrogen-bond acceptors (Lipinski definition) is 3. The first-order valence-electron chi connectivity index (χ1n) is 8.44. The third-order valence-corrected chi connectivity index (χ3v) is 5.41. The summed E-state index contributed by atoms with van der Waals surface area (Å²) in [4.78, 5) is 16.5. The molecule has 0 saturated carbocycles. The fraction of sp³-hybridized carbons (Fsp3) is 0.611. The zero-order valence-electron chi connectivity index (χ0n) is 13.9. The van der Waals surface area contributed by atoms with Crippen LogP contribution in [0.1, 0.15) is 38.2 Å². The number of methoxy groups -OCH3 is 1. The maximum Gasteiger partial charge on any atom is 0.219 e. The molecule has 1 amide bonds. The number of carbonyl (C=O) groups excluding carboxylic acids is 1. The third kappa shape index (κ3) is 3.48. The van der Waals surface area contributed by atoms with Crippen molar-refractivity contribution in [3.05, 3.63) is 28.8 Å². The van der Waals surface area contributed by atoms with Crippen LogP contribution in [0, 0.1) is 0 Å². The van der Waals surface area contributed by atoms with Crippen LogP contribution in [0.3, 0.4) is 0 Å². The van der Waals surface area contributed by atoms with Gasteiger partial charge < -0.3 is 9.64 Å². The van der Waals surface area contributed by atoms with Gasteiger partial charge in [0, 0.05) is 42.7 Å². The number of likely N-dealkylation sites (tertiary alicyclic amines) is 2. The molecule has 0 unspecified atom stereocenters. The van der Waals surface area contributed by atoms with Crippen molar-refractivity contribution in [2.75, 3.05) is 20.2 Å².